The molecule has 1 saturated heterocycles. The van der Waals surface area contributed by atoms with Gasteiger partial charge in [-0.15, -0.1) is 0 Å². The van der Waals surface area contributed by atoms with Crippen LogP contribution in [0.2, 0.25) is 0 Å². The number of aliphatic hydroxyl groups excluding tert-OH is 1. The van der Waals surface area contributed by atoms with Crippen molar-refractivity contribution in [2.75, 3.05) is 32.7 Å². The van der Waals surface area contributed by atoms with E-state index < -0.39 is 0 Å². The lowest BCUT2D eigenvalue weighted by Crippen LogP contribution is -2.49. The summed E-state index contributed by atoms with van der Waals surface area (Å²) in [5, 5.41) is 10.7. The number of benzene rings is 2. The van der Waals surface area contributed by atoms with Crippen LogP contribution in [0.3, 0.4) is 0 Å². The van der Waals surface area contributed by atoms with Gasteiger partial charge in [-0.25, -0.2) is 0 Å². The number of aryl methyl sites for hydroxylation is 2. The summed E-state index contributed by atoms with van der Waals surface area (Å²) >= 11 is 0. The van der Waals surface area contributed by atoms with Crippen LogP contribution in [0.25, 0.3) is 0 Å². The lowest BCUT2D eigenvalue weighted by Gasteiger charge is -2.40. The first kappa shape index (κ1) is 27.4. The Bertz CT molecular complexity index is 841. The number of rotatable bonds is 14. The zero-order valence-electron chi connectivity index (χ0n) is 22.8. The molecule has 1 fully saturated rings. The van der Waals surface area contributed by atoms with Gasteiger partial charge in [-0.3, -0.25) is 9.80 Å². The van der Waals surface area contributed by atoms with E-state index in [0.29, 0.717) is 6.04 Å². The summed E-state index contributed by atoms with van der Waals surface area (Å²) in [7, 11) is 0. The fourth-order valence-electron chi connectivity index (χ4n) is 6.35. The lowest BCUT2D eigenvalue weighted by molar-refractivity contribution is 0.0580. The first-order chi connectivity index (χ1) is 17.8. The topological polar surface area (TPSA) is 26.7 Å². The van der Waals surface area contributed by atoms with Crippen molar-refractivity contribution in [3.05, 3.63) is 70.8 Å². The van der Waals surface area contributed by atoms with Crippen molar-refractivity contribution in [3.63, 3.8) is 0 Å². The van der Waals surface area contributed by atoms with E-state index in [1.807, 2.05) is 0 Å². The van der Waals surface area contributed by atoms with Gasteiger partial charge in [0.1, 0.15) is 0 Å². The minimum absolute atomic E-state index is 0.176. The molecule has 2 aromatic rings. The molecule has 1 aliphatic heterocycles. The molecule has 1 unspecified atom stereocenters. The molecule has 0 aromatic heterocycles. The molecule has 2 aromatic carbocycles. The van der Waals surface area contributed by atoms with Crippen LogP contribution in [0.15, 0.2) is 48.5 Å². The fourth-order valence-corrected chi connectivity index (χ4v) is 6.35. The SMILES string of the molecule is CCCCCCCCCCCCC(O)CN1CCN(C2c3ccccc3CCc3ccccc32)CC1. The molecule has 1 N–H and O–H groups in total. The fraction of sp³-hybridized carbons (Fsp3) is 0.636. The molecule has 198 valence electrons. The van der Waals surface area contributed by atoms with Crippen molar-refractivity contribution in [1.82, 2.24) is 9.80 Å². The van der Waals surface area contributed by atoms with Crippen LogP contribution in [-0.4, -0.2) is 53.7 Å². The van der Waals surface area contributed by atoms with Gasteiger partial charge < -0.3 is 5.11 Å². The van der Waals surface area contributed by atoms with Crippen molar-refractivity contribution < 1.29 is 5.11 Å². The predicted octanol–water partition coefficient (Wildman–Crippen LogP) is 7.16. The maximum atomic E-state index is 10.7. The molecule has 0 saturated carbocycles. The third-order valence-corrected chi connectivity index (χ3v) is 8.49. The number of β-amino-alcohol motifs (C(OH)–C–C–N with tert-alkyl or cyclic N) is 1. The number of unbranched alkanes of at least 4 members (excludes halogenated alkanes) is 9. The highest BCUT2D eigenvalue weighted by atomic mass is 16.3. The van der Waals surface area contributed by atoms with E-state index in [1.54, 1.807) is 0 Å². The third kappa shape index (κ3) is 7.91. The minimum Gasteiger partial charge on any atom is -0.392 e. The van der Waals surface area contributed by atoms with Gasteiger partial charge >= 0.3 is 0 Å². The highest BCUT2D eigenvalue weighted by molar-refractivity contribution is 5.44. The second-order valence-corrected chi connectivity index (χ2v) is 11.3. The number of aliphatic hydroxyl groups is 1. The van der Waals surface area contributed by atoms with Gasteiger partial charge in [0.2, 0.25) is 0 Å². The minimum atomic E-state index is -0.176. The molecule has 0 spiro atoms. The molecule has 0 amide bonds. The monoisotopic (exact) mass is 490 g/mol. The molecular weight excluding hydrogens is 440 g/mol. The molecule has 3 nitrogen and oxygen atoms in total. The van der Waals surface area contributed by atoms with Crippen LogP contribution < -0.4 is 0 Å². The van der Waals surface area contributed by atoms with Crippen LogP contribution in [0, 0.1) is 0 Å². The number of hydrogen-bond donors (Lipinski definition) is 1. The predicted molar refractivity (Wildman–Crippen MR) is 153 cm³/mol. The van der Waals surface area contributed by atoms with Crippen LogP contribution >= 0.6 is 0 Å². The Morgan fingerprint density at radius 2 is 1.19 bits per heavy atom. The molecule has 2 aliphatic rings. The summed E-state index contributed by atoms with van der Waals surface area (Å²) in [6.45, 7) is 7.36. The second-order valence-electron chi connectivity index (χ2n) is 11.3. The lowest BCUT2D eigenvalue weighted by atomic mass is 9.92. The van der Waals surface area contributed by atoms with Crippen LogP contribution in [0.1, 0.15) is 106 Å². The molecule has 1 heterocycles. The van der Waals surface area contributed by atoms with Crippen molar-refractivity contribution in [2.45, 2.75) is 103 Å². The van der Waals surface area contributed by atoms with Crippen molar-refractivity contribution in [1.29, 1.82) is 0 Å². The normalized spacial score (nSPS) is 17.9. The Hall–Kier alpha value is -1.68. The maximum absolute atomic E-state index is 10.7. The Labute approximate surface area is 220 Å². The van der Waals surface area contributed by atoms with E-state index >= 15 is 0 Å². The first-order valence-electron chi connectivity index (χ1n) is 15.1. The summed E-state index contributed by atoms with van der Waals surface area (Å²) in [5.41, 5.74) is 6.01. The van der Waals surface area contributed by atoms with Gasteiger partial charge in [-0.05, 0) is 41.5 Å². The van der Waals surface area contributed by atoms with Crippen LogP contribution in [0.5, 0.6) is 0 Å². The van der Waals surface area contributed by atoms with E-state index in [4.69, 9.17) is 0 Å². The van der Waals surface area contributed by atoms with Crippen molar-refractivity contribution >= 4 is 0 Å². The van der Waals surface area contributed by atoms with Gasteiger partial charge in [0.25, 0.3) is 0 Å². The molecule has 0 bridgehead atoms. The van der Waals surface area contributed by atoms with E-state index in [2.05, 4.69) is 65.3 Å². The van der Waals surface area contributed by atoms with E-state index in [1.165, 1.54) is 86.5 Å². The average Bonchev–Trinajstić information content (AvgIpc) is 3.07. The quantitative estimate of drug-likeness (QED) is 0.285. The Balaban J connectivity index is 1.18. The molecule has 36 heavy (non-hydrogen) atoms. The summed E-state index contributed by atoms with van der Waals surface area (Å²) < 4.78 is 0. The molecule has 4 rings (SSSR count). The van der Waals surface area contributed by atoms with Crippen LogP contribution in [-0.2, 0) is 12.8 Å². The molecular formula is C33H50N2O. The number of fused-ring (bicyclic) bond motifs is 2. The molecule has 1 aliphatic carbocycles. The van der Waals surface area contributed by atoms with E-state index in [9.17, 15) is 5.11 Å². The van der Waals surface area contributed by atoms with E-state index in [-0.39, 0.29) is 6.10 Å². The smallest absolute Gasteiger partial charge is 0.0667 e. The Morgan fingerprint density at radius 3 is 1.75 bits per heavy atom. The number of nitrogens with zero attached hydrogens (tertiary/aromatic N) is 2. The first-order valence-corrected chi connectivity index (χ1v) is 15.1. The number of hydrogen-bond acceptors (Lipinski definition) is 3. The van der Waals surface area contributed by atoms with Crippen LogP contribution in [0.4, 0.5) is 0 Å². The van der Waals surface area contributed by atoms with Gasteiger partial charge in [0, 0.05) is 32.7 Å². The Kier molecular flexibility index (Phi) is 11.3. The summed E-state index contributed by atoms with van der Waals surface area (Å²) in [6, 6.07) is 18.5. The zero-order valence-corrected chi connectivity index (χ0v) is 22.8. The van der Waals surface area contributed by atoms with E-state index in [0.717, 1.165) is 52.0 Å². The molecule has 1 atom stereocenters. The van der Waals surface area contributed by atoms with Crippen molar-refractivity contribution in [3.8, 4) is 0 Å². The summed E-state index contributed by atoms with van der Waals surface area (Å²) in [6.07, 6.45) is 16.6. The zero-order chi connectivity index (χ0) is 25.0. The highest BCUT2D eigenvalue weighted by Gasteiger charge is 2.31. The largest absolute Gasteiger partial charge is 0.392 e. The summed E-state index contributed by atoms with van der Waals surface area (Å²) in [5.74, 6) is 0. The van der Waals surface area contributed by atoms with Gasteiger partial charge in [0.05, 0.1) is 12.1 Å². The second kappa shape index (κ2) is 14.9. The van der Waals surface area contributed by atoms with Crippen molar-refractivity contribution in [2.24, 2.45) is 0 Å². The molecule has 0 radical (unpaired) electrons. The number of piperazine rings is 1. The van der Waals surface area contributed by atoms with Gasteiger partial charge in [-0.2, -0.15) is 0 Å². The maximum Gasteiger partial charge on any atom is 0.0667 e. The average molecular weight is 491 g/mol. The third-order valence-electron chi connectivity index (χ3n) is 8.49. The summed E-state index contributed by atoms with van der Waals surface area (Å²) in [4.78, 5) is 5.18. The van der Waals surface area contributed by atoms with Gasteiger partial charge in [-0.1, -0.05) is 120 Å². The standard InChI is InChI=1S/C33H50N2O/c1-2-3-4-5-6-7-8-9-10-11-18-30(36)27-34-23-25-35(26-24-34)33-31-19-14-12-16-28(31)21-22-29-17-13-15-20-32(29)33/h12-17,19-20,30,33,36H,2-11,18,21-27H2,1H3. The Morgan fingerprint density at radius 1 is 0.694 bits per heavy atom. The molecule has 3 heteroatoms. The van der Waals surface area contributed by atoms with Gasteiger partial charge in [0.15, 0.2) is 0 Å². The highest BCUT2D eigenvalue weighted by Crippen LogP contribution is 2.37.